The van der Waals surface area contributed by atoms with Crippen molar-refractivity contribution >= 4 is 5.91 Å². The number of amides is 1. The zero-order valence-corrected chi connectivity index (χ0v) is 15.6. The molecule has 4 heteroatoms. The number of rotatable bonds is 7. The molecule has 2 aromatic rings. The predicted octanol–water partition coefficient (Wildman–Crippen LogP) is 4.63. The van der Waals surface area contributed by atoms with E-state index in [2.05, 4.69) is 5.32 Å². The van der Waals surface area contributed by atoms with E-state index < -0.39 is 0 Å². The van der Waals surface area contributed by atoms with Gasteiger partial charge in [0.2, 0.25) is 5.91 Å². The summed E-state index contributed by atoms with van der Waals surface area (Å²) in [6, 6.07) is 15.1. The molecule has 2 aromatic carbocycles. The zero-order valence-electron chi connectivity index (χ0n) is 15.6. The van der Waals surface area contributed by atoms with E-state index in [0.29, 0.717) is 25.3 Å². The number of hydrogen-bond acceptors (Lipinski definition) is 3. The number of aromatic hydroxyl groups is 1. The summed E-state index contributed by atoms with van der Waals surface area (Å²) in [7, 11) is 0. The molecular formula is C21H29NO3. The summed E-state index contributed by atoms with van der Waals surface area (Å²) in [5.74, 6) is 0.709. The fourth-order valence-corrected chi connectivity index (χ4v) is 2.43. The van der Waals surface area contributed by atoms with Gasteiger partial charge in [0.25, 0.3) is 0 Å². The van der Waals surface area contributed by atoms with Crippen molar-refractivity contribution in [1.29, 1.82) is 0 Å². The van der Waals surface area contributed by atoms with Crippen LogP contribution in [0.15, 0.2) is 48.5 Å². The van der Waals surface area contributed by atoms with Gasteiger partial charge in [-0.25, -0.2) is 0 Å². The molecule has 0 aliphatic rings. The van der Waals surface area contributed by atoms with Crippen LogP contribution in [-0.4, -0.2) is 17.6 Å². The van der Waals surface area contributed by atoms with Gasteiger partial charge < -0.3 is 15.2 Å². The molecule has 136 valence electrons. The van der Waals surface area contributed by atoms with Gasteiger partial charge in [-0.05, 0) is 30.0 Å². The number of phenols is 1. The van der Waals surface area contributed by atoms with Crippen LogP contribution >= 0.6 is 0 Å². The molecule has 1 amide bonds. The summed E-state index contributed by atoms with van der Waals surface area (Å²) in [6.45, 7) is 8.88. The van der Waals surface area contributed by atoms with Gasteiger partial charge >= 0.3 is 0 Å². The quantitative estimate of drug-likeness (QED) is 0.771. The van der Waals surface area contributed by atoms with E-state index >= 15 is 0 Å². The summed E-state index contributed by atoms with van der Waals surface area (Å²) in [4.78, 5) is 11.6. The fourth-order valence-electron chi connectivity index (χ4n) is 2.43. The molecule has 0 fully saturated rings. The number of ether oxygens (including phenoxy) is 1. The highest BCUT2D eigenvalue weighted by molar-refractivity contribution is 5.76. The van der Waals surface area contributed by atoms with Crippen LogP contribution in [-0.2, 0) is 11.4 Å². The van der Waals surface area contributed by atoms with Crippen LogP contribution < -0.4 is 10.1 Å². The third kappa shape index (κ3) is 6.87. The Balaban J connectivity index is 0.00000151. The molecule has 0 heterocycles. The molecule has 25 heavy (non-hydrogen) atoms. The van der Waals surface area contributed by atoms with Gasteiger partial charge in [0.15, 0.2) is 0 Å². The first-order valence-corrected chi connectivity index (χ1v) is 8.86. The monoisotopic (exact) mass is 343 g/mol. The van der Waals surface area contributed by atoms with Gasteiger partial charge in [-0.3, -0.25) is 4.79 Å². The minimum Gasteiger partial charge on any atom is -0.508 e. The van der Waals surface area contributed by atoms with Gasteiger partial charge in [0.1, 0.15) is 18.1 Å². The predicted molar refractivity (Wildman–Crippen MR) is 102 cm³/mol. The highest BCUT2D eigenvalue weighted by Gasteiger charge is 2.15. The van der Waals surface area contributed by atoms with Crippen molar-refractivity contribution in [1.82, 2.24) is 5.32 Å². The highest BCUT2D eigenvalue weighted by atomic mass is 16.5. The average molecular weight is 343 g/mol. The molecule has 0 aromatic heterocycles. The molecule has 2 N–H and O–H groups in total. The number of carbonyl (C=O) groups excluding carboxylic acids is 1. The molecule has 0 saturated carbocycles. The lowest BCUT2D eigenvalue weighted by atomic mass is 9.96. The minimum atomic E-state index is -0.0512. The van der Waals surface area contributed by atoms with E-state index in [1.54, 1.807) is 6.07 Å². The maximum absolute atomic E-state index is 11.6. The molecule has 0 radical (unpaired) electrons. The maximum Gasteiger partial charge on any atom is 0.220 e. The molecule has 0 spiro atoms. The van der Waals surface area contributed by atoms with E-state index in [1.165, 1.54) is 0 Å². The smallest absolute Gasteiger partial charge is 0.220 e. The van der Waals surface area contributed by atoms with E-state index in [9.17, 15) is 9.90 Å². The fraction of sp³-hybridized carbons (Fsp3) is 0.381. The average Bonchev–Trinajstić information content (AvgIpc) is 2.62. The molecule has 0 aliphatic heterocycles. The molecule has 1 unspecified atom stereocenters. The van der Waals surface area contributed by atoms with Crippen LogP contribution in [0, 0.1) is 0 Å². The Kier molecular flexibility index (Phi) is 9.15. The van der Waals surface area contributed by atoms with E-state index in [0.717, 1.165) is 11.1 Å². The molecule has 1 atom stereocenters. The van der Waals surface area contributed by atoms with Crippen LogP contribution in [0.25, 0.3) is 0 Å². The summed E-state index contributed by atoms with van der Waals surface area (Å²) < 4.78 is 5.69. The van der Waals surface area contributed by atoms with Crippen molar-refractivity contribution in [3.63, 3.8) is 0 Å². The Hall–Kier alpha value is -2.49. The standard InChI is InChI=1S/C19H23NO3.C2H6/c1-3-20-19(22)11-14(2)17-10-9-16(12-18(17)21)23-13-15-7-5-4-6-8-15;1-2/h4-10,12,14,21H,3,11,13H2,1-2H3,(H,20,22);1-2H3. The minimum absolute atomic E-state index is 0.0104. The first kappa shape index (κ1) is 20.6. The van der Waals surface area contributed by atoms with E-state index in [-0.39, 0.29) is 17.6 Å². The Morgan fingerprint density at radius 1 is 1.16 bits per heavy atom. The Bertz CT molecular complexity index is 641. The normalized spacial score (nSPS) is 11.0. The number of nitrogens with one attached hydrogen (secondary N) is 1. The first-order valence-electron chi connectivity index (χ1n) is 8.86. The summed E-state index contributed by atoms with van der Waals surface area (Å²) >= 11 is 0. The SMILES string of the molecule is CC.CCNC(=O)CC(C)c1ccc(OCc2ccccc2)cc1O. The van der Waals surface area contributed by atoms with Gasteiger partial charge in [-0.2, -0.15) is 0 Å². The highest BCUT2D eigenvalue weighted by Crippen LogP contribution is 2.31. The Morgan fingerprint density at radius 2 is 1.84 bits per heavy atom. The van der Waals surface area contributed by atoms with Crippen molar-refractivity contribution in [2.75, 3.05) is 6.54 Å². The van der Waals surface area contributed by atoms with Crippen molar-refractivity contribution in [2.45, 2.75) is 46.6 Å². The molecule has 4 nitrogen and oxygen atoms in total. The van der Waals surface area contributed by atoms with Crippen LogP contribution in [0.4, 0.5) is 0 Å². The molecule has 0 bridgehead atoms. The van der Waals surface area contributed by atoms with Gasteiger partial charge in [-0.15, -0.1) is 0 Å². The van der Waals surface area contributed by atoms with Crippen molar-refractivity contribution in [3.8, 4) is 11.5 Å². The topological polar surface area (TPSA) is 58.6 Å². The molecular weight excluding hydrogens is 314 g/mol. The zero-order chi connectivity index (χ0) is 18.7. The number of phenolic OH excluding ortho intramolecular Hbond substituents is 1. The van der Waals surface area contributed by atoms with Crippen LogP contribution in [0.5, 0.6) is 11.5 Å². The molecule has 0 aliphatic carbocycles. The molecule has 0 saturated heterocycles. The van der Waals surface area contributed by atoms with Crippen LogP contribution in [0.3, 0.4) is 0 Å². The second-order valence-electron chi connectivity index (χ2n) is 5.55. The number of carbonyl (C=O) groups is 1. The lowest BCUT2D eigenvalue weighted by Crippen LogP contribution is -2.23. The number of benzene rings is 2. The summed E-state index contributed by atoms with van der Waals surface area (Å²) in [6.07, 6.45) is 0.353. The summed E-state index contributed by atoms with van der Waals surface area (Å²) in [5, 5.41) is 13.0. The maximum atomic E-state index is 11.6. The van der Waals surface area contributed by atoms with Crippen molar-refractivity contribution < 1.29 is 14.6 Å². The van der Waals surface area contributed by atoms with Crippen molar-refractivity contribution in [3.05, 3.63) is 59.7 Å². The van der Waals surface area contributed by atoms with Gasteiger partial charge in [-0.1, -0.05) is 57.2 Å². The lowest BCUT2D eigenvalue weighted by molar-refractivity contribution is -0.121. The van der Waals surface area contributed by atoms with Gasteiger partial charge in [0.05, 0.1) is 0 Å². The second kappa shape index (κ2) is 11.1. The van der Waals surface area contributed by atoms with E-state index in [1.807, 2.05) is 70.2 Å². The third-order valence-electron chi connectivity index (χ3n) is 3.65. The van der Waals surface area contributed by atoms with Gasteiger partial charge in [0, 0.05) is 19.0 Å². The van der Waals surface area contributed by atoms with E-state index in [4.69, 9.17) is 4.74 Å². The molecule has 2 rings (SSSR count). The third-order valence-corrected chi connectivity index (χ3v) is 3.65. The largest absolute Gasteiger partial charge is 0.508 e. The second-order valence-corrected chi connectivity index (χ2v) is 5.55. The Labute approximate surface area is 150 Å². The Morgan fingerprint density at radius 3 is 2.44 bits per heavy atom. The van der Waals surface area contributed by atoms with Crippen LogP contribution in [0.1, 0.15) is 51.2 Å². The summed E-state index contributed by atoms with van der Waals surface area (Å²) in [5.41, 5.74) is 1.82. The number of hydrogen-bond donors (Lipinski definition) is 2. The first-order chi connectivity index (χ1) is 12.1. The van der Waals surface area contributed by atoms with Crippen LogP contribution in [0.2, 0.25) is 0 Å². The lowest BCUT2D eigenvalue weighted by Gasteiger charge is -2.14. The van der Waals surface area contributed by atoms with Crippen molar-refractivity contribution in [2.24, 2.45) is 0 Å².